The van der Waals surface area contributed by atoms with Crippen LogP contribution in [0.5, 0.6) is 0 Å². The van der Waals surface area contributed by atoms with Gasteiger partial charge in [-0.15, -0.1) is 5.10 Å². The van der Waals surface area contributed by atoms with Gasteiger partial charge in [-0.2, -0.15) is 0 Å². The van der Waals surface area contributed by atoms with E-state index < -0.39 is 0 Å². The van der Waals surface area contributed by atoms with Crippen LogP contribution in [0.4, 0.5) is 0 Å². The number of hydrogen-bond acceptors (Lipinski definition) is 5. The van der Waals surface area contributed by atoms with Gasteiger partial charge in [-0.25, -0.2) is 4.68 Å². The van der Waals surface area contributed by atoms with E-state index in [1.807, 2.05) is 35.0 Å². The van der Waals surface area contributed by atoms with Crippen molar-refractivity contribution in [2.45, 2.75) is 39.4 Å². The minimum atomic E-state index is -0.383. The maximum Gasteiger partial charge on any atom is 0.253 e. The van der Waals surface area contributed by atoms with E-state index in [-0.39, 0.29) is 11.6 Å². The normalized spacial score (nSPS) is 14.6. The maximum atomic E-state index is 13.6. The van der Waals surface area contributed by atoms with Gasteiger partial charge in [0.1, 0.15) is 6.04 Å². The fourth-order valence-electron chi connectivity index (χ4n) is 5.21. The number of aromatic nitrogens is 5. The van der Waals surface area contributed by atoms with Gasteiger partial charge < -0.3 is 4.98 Å². The Morgan fingerprint density at radius 1 is 0.944 bits per heavy atom. The van der Waals surface area contributed by atoms with Crippen LogP contribution >= 0.6 is 0 Å². The quantitative estimate of drug-likeness (QED) is 0.409. The molecule has 1 unspecified atom stereocenters. The van der Waals surface area contributed by atoms with Gasteiger partial charge in [0.15, 0.2) is 5.82 Å². The Hall–Kier alpha value is -4.10. The molecule has 0 fully saturated rings. The zero-order valence-corrected chi connectivity index (χ0v) is 20.5. The molecular weight excluding hydrogens is 448 g/mol. The van der Waals surface area contributed by atoms with E-state index in [1.54, 1.807) is 0 Å². The summed E-state index contributed by atoms with van der Waals surface area (Å²) < 4.78 is 1.82. The van der Waals surface area contributed by atoms with Crippen LogP contribution in [0.1, 0.15) is 45.2 Å². The van der Waals surface area contributed by atoms with Crippen LogP contribution < -0.4 is 5.56 Å². The number of benzene rings is 3. The third kappa shape index (κ3) is 4.12. The molecule has 7 heteroatoms. The highest BCUT2D eigenvalue weighted by Crippen LogP contribution is 2.32. The lowest BCUT2D eigenvalue weighted by atomic mass is 9.95. The number of aromatic amines is 1. The van der Waals surface area contributed by atoms with E-state index in [1.165, 1.54) is 16.7 Å². The second-order valence-corrected chi connectivity index (χ2v) is 9.65. The summed E-state index contributed by atoms with van der Waals surface area (Å²) >= 11 is 0. The fourth-order valence-corrected chi connectivity index (χ4v) is 5.21. The van der Waals surface area contributed by atoms with Gasteiger partial charge in [-0.1, -0.05) is 54.6 Å². The number of H-pyrrole nitrogens is 1. The summed E-state index contributed by atoms with van der Waals surface area (Å²) in [5, 5.41) is 13.9. The number of nitrogens with zero attached hydrogens (tertiary/aromatic N) is 5. The van der Waals surface area contributed by atoms with Gasteiger partial charge in [-0.05, 0) is 82.1 Å². The summed E-state index contributed by atoms with van der Waals surface area (Å²) in [6, 6.07) is 24.5. The van der Waals surface area contributed by atoms with Gasteiger partial charge in [0.25, 0.3) is 5.56 Å². The molecule has 1 N–H and O–H groups in total. The number of fused-ring (bicyclic) bond motifs is 2. The molecule has 1 aliphatic rings. The van der Waals surface area contributed by atoms with Gasteiger partial charge in [0, 0.05) is 24.2 Å². The third-order valence-electron chi connectivity index (χ3n) is 7.29. The molecule has 1 atom stereocenters. The summed E-state index contributed by atoms with van der Waals surface area (Å²) in [6.45, 7) is 6.23. The lowest BCUT2D eigenvalue weighted by molar-refractivity contribution is 0.194. The first-order valence-corrected chi connectivity index (χ1v) is 12.3. The molecule has 0 saturated heterocycles. The molecule has 0 spiro atoms. The standard InChI is InChI=1S/C29H28N6O/c1-19-14-24-16-25(29(36)30-26(24)15-20(19)2)27(34-13-12-22-10-6-7-11-23(22)18-34)28-31-32-33-35(28)17-21-8-4-3-5-9-21/h3-11,14-16,27H,12-13,17-18H2,1-2H3,(H,30,36). The highest BCUT2D eigenvalue weighted by molar-refractivity contribution is 5.81. The molecule has 180 valence electrons. The Kier molecular flexibility index (Phi) is 5.70. The monoisotopic (exact) mass is 476 g/mol. The summed E-state index contributed by atoms with van der Waals surface area (Å²) in [7, 11) is 0. The van der Waals surface area contributed by atoms with E-state index in [0.717, 1.165) is 41.5 Å². The Bertz CT molecular complexity index is 1600. The van der Waals surface area contributed by atoms with E-state index >= 15 is 0 Å². The van der Waals surface area contributed by atoms with Crippen LogP contribution in [0.25, 0.3) is 10.9 Å². The maximum absolute atomic E-state index is 13.6. The Morgan fingerprint density at radius 2 is 1.69 bits per heavy atom. The number of tetrazole rings is 1. The summed E-state index contributed by atoms with van der Waals surface area (Å²) in [5.74, 6) is 0.673. The van der Waals surface area contributed by atoms with Crippen LogP contribution in [0.15, 0.2) is 77.6 Å². The Morgan fingerprint density at radius 3 is 2.53 bits per heavy atom. The zero-order valence-electron chi connectivity index (χ0n) is 20.5. The van der Waals surface area contributed by atoms with Crippen LogP contribution in [0.3, 0.4) is 0 Å². The van der Waals surface area contributed by atoms with Crippen molar-refractivity contribution in [1.29, 1.82) is 0 Å². The van der Waals surface area contributed by atoms with Crippen LogP contribution in [0, 0.1) is 13.8 Å². The molecule has 6 rings (SSSR count). The number of pyridine rings is 1. The number of nitrogens with one attached hydrogen (secondary N) is 1. The minimum Gasteiger partial charge on any atom is -0.322 e. The molecule has 2 aromatic heterocycles. The molecule has 0 amide bonds. The molecular formula is C29H28N6O. The Labute approximate surface area is 209 Å². The summed E-state index contributed by atoms with van der Waals surface area (Å²) in [5.41, 5.74) is 7.48. The van der Waals surface area contributed by atoms with Crippen molar-refractivity contribution < 1.29 is 0 Å². The molecule has 0 radical (unpaired) electrons. The highest BCUT2D eigenvalue weighted by Gasteiger charge is 2.32. The average Bonchev–Trinajstić information content (AvgIpc) is 3.34. The molecule has 36 heavy (non-hydrogen) atoms. The van der Waals surface area contributed by atoms with Gasteiger partial charge in [-0.3, -0.25) is 9.69 Å². The van der Waals surface area contributed by atoms with Gasteiger partial charge in [0.05, 0.1) is 6.54 Å². The first kappa shape index (κ1) is 22.4. The smallest absolute Gasteiger partial charge is 0.253 e. The van der Waals surface area contributed by atoms with E-state index in [4.69, 9.17) is 0 Å². The van der Waals surface area contributed by atoms with E-state index in [0.29, 0.717) is 17.9 Å². The molecule has 3 heterocycles. The molecule has 7 nitrogen and oxygen atoms in total. The second kappa shape index (κ2) is 9.17. The largest absolute Gasteiger partial charge is 0.322 e. The van der Waals surface area contributed by atoms with Crippen molar-refractivity contribution in [3.8, 4) is 0 Å². The number of rotatable bonds is 5. The number of aryl methyl sites for hydroxylation is 2. The van der Waals surface area contributed by atoms with Gasteiger partial charge >= 0.3 is 0 Å². The molecule has 5 aromatic rings. The summed E-state index contributed by atoms with van der Waals surface area (Å²) in [6.07, 6.45) is 0.913. The van der Waals surface area contributed by atoms with Crippen molar-refractivity contribution in [1.82, 2.24) is 30.1 Å². The Balaban J connectivity index is 1.49. The topological polar surface area (TPSA) is 79.7 Å². The lowest BCUT2D eigenvalue weighted by Gasteiger charge is -2.34. The van der Waals surface area contributed by atoms with Crippen molar-refractivity contribution >= 4 is 10.9 Å². The predicted octanol–water partition coefficient (Wildman–Crippen LogP) is 4.33. The zero-order chi connectivity index (χ0) is 24.6. The summed E-state index contributed by atoms with van der Waals surface area (Å²) in [4.78, 5) is 19.0. The molecule has 1 aliphatic heterocycles. The second-order valence-electron chi connectivity index (χ2n) is 9.65. The first-order chi connectivity index (χ1) is 17.6. The van der Waals surface area contributed by atoms with E-state index in [9.17, 15) is 4.79 Å². The van der Waals surface area contributed by atoms with Crippen molar-refractivity contribution in [2.75, 3.05) is 6.54 Å². The molecule has 0 bridgehead atoms. The van der Waals surface area contributed by atoms with Crippen LogP contribution in [-0.4, -0.2) is 36.6 Å². The minimum absolute atomic E-state index is 0.108. The molecule has 0 aliphatic carbocycles. The number of hydrogen-bond donors (Lipinski definition) is 1. The highest BCUT2D eigenvalue weighted by atomic mass is 16.1. The molecule has 0 saturated carbocycles. The van der Waals surface area contributed by atoms with Crippen molar-refractivity contribution in [3.05, 3.63) is 122 Å². The lowest BCUT2D eigenvalue weighted by Crippen LogP contribution is -2.38. The molecule has 3 aromatic carbocycles. The van der Waals surface area contributed by atoms with Crippen molar-refractivity contribution in [2.24, 2.45) is 0 Å². The average molecular weight is 477 g/mol. The van der Waals surface area contributed by atoms with E-state index in [2.05, 4.69) is 81.7 Å². The fraction of sp³-hybridized carbons (Fsp3) is 0.241. The van der Waals surface area contributed by atoms with Crippen molar-refractivity contribution in [3.63, 3.8) is 0 Å². The first-order valence-electron chi connectivity index (χ1n) is 12.3. The van der Waals surface area contributed by atoms with Crippen LogP contribution in [0.2, 0.25) is 0 Å². The van der Waals surface area contributed by atoms with Crippen LogP contribution in [-0.2, 0) is 19.5 Å². The third-order valence-corrected chi connectivity index (χ3v) is 7.29. The predicted molar refractivity (Wildman–Crippen MR) is 140 cm³/mol. The van der Waals surface area contributed by atoms with Gasteiger partial charge in [0.2, 0.25) is 0 Å². The SMILES string of the molecule is Cc1cc2cc(C(c3nnnn3Cc3ccccc3)N3CCc4ccccc4C3)c(=O)[nH]c2cc1C.